The number of Topliss-reactive ketones (excluding diaryl/α,β-unsaturated/α-hetero) is 1. The molecule has 0 bridgehead atoms. The van der Waals surface area contributed by atoms with E-state index in [0.29, 0.717) is 13.1 Å². The summed E-state index contributed by atoms with van der Waals surface area (Å²) in [7, 11) is 0. The summed E-state index contributed by atoms with van der Waals surface area (Å²) < 4.78 is 0. The number of rotatable bonds is 2. The highest BCUT2D eigenvalue weighted by molar-refractivity contribution is 6.04. The van der Waals surface area contributed by atoms with Crippen molar-refractivity contribution in [2.24, 2.45) is 17.3 Å². The molecule has 4 nitrogen and oxygen atoms in total. The number of nitriles is 1. The normalized spacial score (nSPS) is 30.5. The number of likely N-dealkylation sites (tertiary alicyclic amines) is 1. The van der Waals surface area contributed by atoms with Gasteiger partial charge in [-0.2, -0.15) is 5.26 Å². The second kappa shape index (κ2) is 5.66. The molecule has 1 heterocycles. The second-order valence-corrected chi connectivity index (χ2v) is 6.71. The second-order valence-electron chi connectivity index (χ2n) is 6.71. The van der Waals surface area contributed by atoms with Gasteiger partial charge in [0.05, 0.1) is 11.0 Å². The number of carbonyl (C=O) groups excluding carboxylic acids is 2. The van der Waals surface area contributed by atoms with E-state index in [-0.39, 0.29) is 29.1 Å². The summed E-state index contributed by atoms with van der Waals surface area (Å²) in [6.45, 7) is 4.94. The predicted octanol–water partition coefficient (Wildman–Crippen LogP) is 2.71. The van der Waals surface area contributed by atoms with Crippen LogP contribution in [0.3, 0.4) is 0 Å². The molecule has 1 aliphatic heterocycles. The van der Waals surface area contributed by atoms with E-state index in [1.807, 2.05) is 55.1 Å². The lowest BCUT2D eigenvalue weighted by Gasteiger charge is -2.47. The van der Waals surface area contributed by atoms with Crippen LogP contribution in [0, 0.1) is 28.6 Å². The summed E-state index contributed by atoms with van der Waals surface area (Å²) in [5.74, 6) is -0.405. The maximum atomic E-state index is 13.1. The number of hydrogen-bond acceptors (Lipinski definition) is 3. The summed E-state index contributed by atoms with van der Waals surface area (Å²) in [4.78, 5) is 27.1. The van der Waals surface area contributed by atoms with Crippen molar-refractivity contribution in [2.75, 3.05) is 6.54 Å². The van der Waals surface area contributed by atoms with Crippen LogP contribution in [0.2, 0.25) is 0 Å². The third-order valence-electron chi connectivity index (χ3n) is 5.29. The molecule has 0 aromatic heterocycles. The first kappa shape index (κ1) is 15.5. The van der Waals surface area contributed by atoms with E-state index in [2.05, 4.69) is 0 Å². The van der Waals surface area contributed by atoms with E-state index in [0.717, 1.165) is 12.0 Å². The average Bonchev–Trinajstić information content (AvgIpc) is 2.56. The van der Waals surface area contributed by atoms with Crippen LogP contribution < -0.4 is 0 Å². The van der Waals surface area contributed by atoms with Gasteiger partial charge in [-0.25, -0.2) is 0 Å². The minimum atomic E-state index is -0.759. The summed E-state index contributed by atoms with van der Waals surface area (Å²) >= 11 is 0. The number of nitrogens with zero attached hydrogens (tertiary/aromatic N) is 2. The number of fused-ring (bicyclic) bond motifs is 1. The Balaban J connectivity index is 1.92. The monoisotopic (exact) mass is 308 g/mol. The van der Waals surface area contributed by atoms with Gasteiger partial charge in [-0.15, -0.1) is 0 Å². The summed E-state index contributed by atoms with van der Waals surface area (Å²) in [5, 5.41) is 9.21. The molecule has 0 radical (unpaired) electrons. The Kier molecular flexibility index (Phi) is 3.81. The predicted molar refractivity (Wildman–Crippen MR) is 85.9 cm³/mol. The Hall–Kier alpha value is -2.41. The van der Waals surface area contributed by atoms with Crippen molar-refractivity contribution >= 4 is 11.7 Å². The number of allylic oxidation sites excluding steroid dienone is 1. The zero-order chi connectivity index (χ0) is 16.6. The average molecular weight is 308 g/mol. The minimum Gasteiger partial charge on any atom is -0.338 e. The molecule has 1 aromatic rings. The van der Waals surface area contributed by atoms with Gasteiger partial charge in [-0.1, -0.05) is 37.3 Å². The van der Waals surface area contributed by atoms with Crippen molar-refractivity contribution in [2.45, 2.75) is 26.8 Å². The number of carbonyl (C=O) groups is 2. The van der Waals surface area contributed by atoms with Gasteiger partial charge in [0, 0.05) is 19.0 Å². The van der Waals surface area contributed by atoms with Gasteiger partial charge in [0.1, 0.15) is 6.07 Å². The summed E-state index contributed by atoms with van der Waals surface area (Å²) in [5.41, 5.74) is 0.462. The molecular weight excluding hydrogens is 288 g/mol. The molecule has 2 aliphatic rings. The van der Waals surface area contributed by atoms with Crippen LogP contribution in [-0.4, -0.2) is 23.1 Å². The van der Waals surface area contributed by atoms with E-state index in [4.69, 9.17) is 0 Å². The molecule has 1 aromatic carbocycles. The van der Waals surface area contributed by atoms with Gasteiger partial charge < -0.3 is 4.90 Å². The number of hydrogen-bond donors (Lipinski definition) is 0. The molecule has 0 saturated carbocycles. The smallest absolute Gasteiger partial charge is 0.232 e. The Morgan fingerprint density at radius 1 is 1.30 bits per heavy atom. The number of amides is 1. The zero-order valence-corrected chi connectivity index (χ0v) is 13.5. The van der Waals surface area contributed by atoms with Gasteiger partial charge in [0.25, 0.3) is 0 Å². The number of benzene rings is 1. The van der Waals surface area contributed by atoms with Crippen LogP contribution in [0.1, 0.15) is 25.8 Å². The molecule has 3 rings (SSSR count). The number of piperidine rings is 1. The highest BCUT2D eigenvalue weighted by Gasteiger charge is 2.52. The van der Waals surface area contributed by atoms with Gasteiger partial charge in [-0.3, -0.25) is 9.59 Å². The molecule has 23 heavy (non-hydrogen) atoms. The molecule has 3 atom stereocenters. The molecule has 1 fully saturated rings. The summed E-state index contributed by atoms with van der Waals surface area (Å²) in [6.07, 6.45) is 2.40. The van der Waals surface area contributed by atoms with Crippen molar-refractivity contribution in [1.29, 1.82) is 5.26 Å². The van der Waals surface area contributed by atoms with Crippen LogP contribution >= 0.6 is 0 Å². The minimum absolute atomic E-state index is 0.0182. The van der Waals surface area contributed by atoms with E-state index in [1.165, 1.54) is 0 Å². The fourth-order valence-electron chi connectivity index (χ4n) is 3.97. The molecular formula is C19H20N2O2. The van der Waals surface area contributed by atoms with Crippen LogP contribution in [0.25, 0.3) is 0 Å². The lowest BCUT2D eigenvalue weighted by molar-refractivity contribution is -0.150. The lowest BCUT2D eigenvalue weighted by Crippen LogP contribution is -2.55. The maximum absolute atomic E-state index is 13.1. The van der Waals surface area contributed by atoms with E-state index < -0.39 is 5.41 Å². The quantitative estimate of drug-likeness (QED) is 0.844. The third kappa shape index (κ3) is 2.46. The fraction of sp³-hybridized carbons (Fsp3) is 0.421. The van der Waals surface area contributed by atoms with E-state index in [1.54, 1.807) is 6.08 Å². The first-order valence-corrected chi connectivity index (χ1v) is 7.98. The summed E-state index contributed by atoms with van der Waals surface area (Å²) in [6, 6.07) is 11.9. The molecule has 118 valence electrons. The van der Waals surface area contributed by atoms with Gasteiger partial charge in [-0.05, 0) is 30.9 Å². The molecule has 4 heteroatoms. The molecule has 1 amide bonds. The largest absolute Gasteiger partial charge is 0.338 e. The van der Waals surface area contributed by atoms with Crippen molar-refractivity contribution < 1.29 is 9.59 Å². The zero-order valence-electron chi connectivity index (χ0n) is 13.5. The van der Waals surface area contributed by atoms with Crippen LogP contribution in [-0.2, 0) is 16.1 Å². The Morgan fingerprint density at radius 2 is 2.00 bits per heavy atom. The third-order valence-corrected chi connectivity index (χ3v) is 5.29. The van der Waals surface area contributed by atoms with Crippen LogP contribution in [0.5, 0.6) is 0 Å². The molecule has 0 N–H and O–H groups in total. The first-order chi connectivity index (χ1) is 11.0. The standard InChI is InChI=1S/C19H20N2O2/c1-13-16-8-9-21(12-14-6-4-3-5-7-14)18(23)19(16,2)10-15(11-20)17(13)22/h3-7,10,13,16H,8-9,12H2,1-2H3/t13-,16-,19-/m1/s1. The van der Waals surface area contributed by atoms with Crippen molar-refractivity contribution in [3.8, 4) is 6.07 Å². The number of ketones is 1. The highest BCUT2D eigenvalue weighted by atomic mass is 16.2. The SMILES string of the molecule is C[C@H]1C(=O)C(C#N)=C[C@@]2(C)C(=O)N(Cc3ccccc3)CC[C@H]12. The fourth-order valence-corrected chi connectivity index (χ4v) is 3.97. The molecule has 0 unspecified atom stereocenters. The molecule has 0 spiro atoms. The maximum Gasteiger partial charge on any atom is 0.232 e. The van der Waals surface area contributed by atoms with Gasteiger partial charge >= 0.3 is 0 Å². The molecule has 1 aliphatic carbocycles. The highest BCUT2D eigenvalue weighted by Crippen LogP contribution is 2.47. The Labute approximate surface area is 136 Å². The van der Waals surface area contributed by atoms with E-state index in [9.17, 15) is 14.9 Å². The van der Waals surface area contributed by atoms with Crippen molar-refractivity contribution in [3.05, 3.63) is 47.5 Å². The van der Waals surface area contributed by atoms with E-state index >= 15 is 0 Å². The lowest BCUT2D eigenvalue weighted by atomic mass is 9.61. The van der Waals surface area contributed by atoms with Crippen molar-refractivity contribution in [1.82, 2.24) is 4.90 Å². The topological polar surface area (TPSA) is 61.2 Å². The first-order valence-electron chi connectivity index (χ1n) is 7.98. The van der Waals surface area contributed by atoms with Crippen LogP contribution in [0.15, 0.2) is 42.0 Å². The van der Waals surface area contributed by atoms with Gasteiger partial charge in [0.15, 0.2) is 5.78 Å². The Morgan fingerprint density at radius 3 is 2.65 bits per heavy atom. The van der Waals surface area contributed by atoms with Gasteiger partial charge in [0.2, 0.25) is 5.91 Å². The van der Waals surface area contributed by atoms with Crippen LogP contribution in [0.4, 0.5) is 0 Å². The molecule has 1 saturated heterocycles. The Bertz CT molecular complexity index is 717. The van der Waals surface area contributed by atoms with Crippen molar-refractivity contribution in [3.63, 3.8) is 0 Å².